The monoisotopic (exact) mass is 240 g/mol. The van der Waals surface area contributed by atoms with Gasteiger partial charge in [-0.05, 0) is 51.9 Å². The topological polar surface area (TPSA) is 24.5 Å². The summed E-state index contributed by atoms with van der Waals surface area (Å²) < 4.78 is 5.47. The molecule has 1 heterocycles. The Labute approximate surface area is 106 Å². The molecule has 2 fully saturated rings. The number of nitrogens with one attached hydrogen (secondary N) is 1. The predicted octanol–water partition coefficient (Wildman–Crippen LogP) is 1.88. The highest BCUT2D eigenvalue weighted by Crippen LogP contribution is 2.42. The Morgan fingerprint density at radius 2 is 2.00 bits per heavy atom. The molecule has 17 heavy (non-hydrogen) atoms. The molecule has 0 spiro atoms. The van der Waals surface area contributed by atoms with E-state index in [0.29, 0.717) is 17.6 Å². The summed E-state index contributed by atoms with van der Waals surface area (Å²) in [4.78, 5) is 2.59. The molecule has 3 heteroatoms. The van der Waals surface area contributed by atoms with Crippen molar-refractivity contribution in [1.29, 1.82) is 0 Å². The highest BCUT2D eigenvalue weighted by molar-refractivity contribution is 5.02. The maximum absolute atomic E-state index is 5.47. The average Bonchev–Trinajstić information content (AvgIpc) is 2.80. The fourth-order valence-electron chi connectivity index (χ4n) is 3.22. The minimum absolute atomic E-state index is 0.308. The van der Waals surface area contributed by atoms with Gasteiger partial charge in [-0.2, -0.15) is 0 Å². The Kier molecular flexibility index (Phi) is 4.45. The molecule has 2 unspecified atom stereocenters. The number of nitrogens with zero attached hydrogens (tertiary/aromatic N) is 1. The normalized spacial score (nSPS) is 32.6. The molecular formula is C14H28N2O. The van der Waals surface area contributed by atoms with Crippen LogP contribution in [0.25, 0.3) is 0 Å². The van der Waals surface area contributed by atoms with E-state index in [9.17, 15) is 0 Å². The van der Waals surface area contributed by atoms with Gasteiger partial charge < -0.3 is 15.0 Å². The van der Waals surface area contributed by atoms with Crippen molar-refractivity contribution in [3.05, 3.63) is 0 Å². The molecule has 0 aromatic carbocycles. The Bertz CT molecular complexity index is 236. The number of rotatable bonds is 6. The molecule has 1 N–H and O–H groups in total. The van der Waals surface area contributed by atoms with E-state index < -0.39 is 0 Å². The summed E-state index contributed by atoms with van der Waals surface area (Å²) in [5.74, 6) is 0. The van der Waals surface area contributed by atoms with Crippen LogP contribution in [0.1, 0.15) is 39.5 Å². The van der Waals surface area contributed by atoms with Gasteiger partial charge >= 0.3 is 0 Å². The molecule has 0 aromatic rings. The Morgan fingerprint density at radius 1 is 1.29 bits per heavy atom. The van der Waals surface area contributed by atoms with Crippen LogP contribution in [0, 0.1) is 5.41 Å². The molecule has 2 rings (SSSR count). The summed E-state index contributed by atoms with van der Waals surface area (Å²) in [6.07, 6.45) is 5.70. The summed E-state index contributed by atoms with van der Waals surface area (Å²) in [5.41, 5.74) is 0.308. The van der Waals surface area contributed by atoms with Crippen LogP contribution in [0.5, 0.6) is 0 Å². The lowest BCUT2D eigenvalue weighted by Gasteiger charge is -2.51. The smallest absolute Gasteiger partial charge is 0.0652 e. The fraction of sp³-hybridized carbons (Fsp3) is 1.00. The van der Waals surface area contributed by atoms with Crippen LogP contribution in [0.2, 0.25) is 0 Å². The van der Waals surface area contributed by atoms with Crippen molar-refractivity contribution in [2.75, 3.05) is 33.3 Å². The third-order valence-corrected chi connectivity index (χ3v) is 4.70. The maximum Gasteiger partial charge on any atom is 0.0652 e. The van der Waals surface area contributed by atoms with Gasteiger partial charge in [-0.25, -0.2) is 0 Å². The lowest BCUT2D eigenvalue weighted by Crippen LogP contribution is -2.60. The van der Waals surface area contributed by atoms with E-state index in [1.807, 2.05) is 7.11 Å². The van der Waals surface area contributed by atoms with Gasteiger partial charge in [-0.15, -0.1) is 0 Å². The molecule has 100 valence electrons. The molecule has 0 amide bonds. The second-order valence-corrected chi connectivity index (χ2v) is 6.19. The number of methoxy groups -OCH3 is 1. The van der Waals surface area contributed by atoms with Crippen LogP contribution < -0.4 is 5.32 Å². The first-order valence-corrected chi connectivity index (χ1v) is 7.13. The van der Waals surface area contributed by atoms with Gasteiger partial charge in [0.1, 0.15) is 0 Å². The van der Waals surface area contributed by atoms with E-state index in [4.69, 9.17) is 4.74 Å². The van der Waals surface area contributed by atoms with E-state index in [1.54, 1.807) is 0 Å². The molecule has 1 aliphatic carbocycles. The van der Waals surface area contributed by atoms with Crippen LogP contribution in [-0.4, -0.2) is 50.3 Å². The zero-order valence-corrected chi connectivity index (χ0v) is 11.7. The van der Waals surface area contributed by atoms with Gasteiger partial charge in [-0.1, -0.05) is 13.8 Å². The molecular weight excluding hydrogens is 212 g/mol. The van der Waals surface area contributed by atoms with Gasteiger partial charge in [0.05, 0.1) is 6.10 Å². The van der Waals surface area contributed by atoms with Gasteiger partial charge in [0.2, 0.25) is 0 Å². The summed E-state index contributed by atoms with van der Waals surface area (Å²) in [6.45, 7) is 9.68. The van der Waals surface area contributed by atoms with Crippen LogP contribution in [0.4, 0.5) is 0 Å². The Balaban J connectivity index is 1.57. The molecule has 1 saturated heterocycles. The van der Waals surface area contributed by atoms with Crippen LogP contribution in [0.15, 0.2) is 0 Å². The molecule has 2 atom stereocenters. The zero-order chi connectivity index (χ0) is 12.3. The summed E-state index contributed by atoms with van der Waals surface area (Å²) in [6, 6.07) is 0.644. The minimum atomic E-state index is 0.308. The summed E-state index contributed by atoms with van der Waals surface area (Å²) >= 11 is 0. The number of likely N-dealkylation sites (tertiary alicyclic amines) is 1. The molecule has 0 aromatic heterocycles. The third kappa shape index (κ3) is 3.01. The quantitative estimate of drug-likeness (QED) is 0.717. The fourth-order valence-corrected chi connectivity index (χ4v) is 3.22. The first kappa shape index (κ1) is 13.3. The third-order valence-electron chi connectivity index (χ3n) is 4.70. The highest BCUT2D eigenvalue weighted by atomic mass is 16.5. The van der Waals surface area contributed by atoms with E-state index in [0.717, 1.165) is 6.54 Å². The van der Waals surface area contributed by atoms with Crippen molar-refractivity contribution < 1.29 is 4.74 Å². The Morgan fingerprint density at radius 3 is 2.59 bits per heavy atom. The van der Waals surface area contributed by atoms with Crippen molar-refractivity contribution in [3.8, 4) is 0 Å². The second kappa shape index (κ2) is 5.68. The average molecular weight is 240 g/mol. The molecule has 1 aliphatic heterocycles. The van der Waals surface area contributed by atoms with Crippen molar-refractivity contribution in [2.45, 2.75) is 51.7 Å². The van der Waals surface area contributed by atoms with Gasteiger partial charge in [0.15, 0.2) is 0 Å². The van der Waals surface area contributed by atoms with Crippen molar-refractivity contribution in [2.24, 2.45) is 5.41 Å². The summed E-state index contributed by atoms with van der Waals surface area (Å²) in [5, 5.41) is 3.69. The van der Waals surface area contributed by atoms with Crippen LogP contribution in [-0.2, 0) is 4.74 Å². The standard InChI is InChI=1S/C14H28N2O/c1-14(2)12(11-13(14)17-3)15-7-6-10-16-8-4-5-9-16/h12-13,15H,4-11H2,1-3H3. The molecule has 3 nitrogen and oxygen atoms in total. The first-order chi connectivity index (χ1) is 8.14. The lowest BCUT2D eigenvalue weighted by atomic mass is 9.64. The van der Waals surface area contributed by atoms with Crippen LogP contribution >= 0.6 is 0 Å². The van der Waals surface area contributed by atoms with Gasteiger partial charge in [0.25, 0.3) is 0 Å². The van der Waals surface area contributed by atoms with E-state index in [-0.39, 0.29) is 0 Å². The lowest BCUT2D eigenvalue weighted by molar-refractivity contribution is -0.0973. The minimum Gasteiger partial charge on any atom is -0.381 e. The Hall–Kier alpha value is -0.120. The van der Waals surface area contributed by atoms with Gasteiger partial charge in [0, 0.05) is 18.6 Å². The number of hydrogen-bond donors (Lipinski definition) is 1. The molecule has 2 aliphatic rings. The van der Waals surface area contributed by atoms with E-state index in [1.165, 1.54) is 45.3 Å². The predicted molar refractivity (Wildman–Crippen MR) is 71.3 cm³/mol. The summed E-state index contributed by atoms with van der Waals surface area (Å²) in [7, 11) is 1.83. The number of ether oxygens (including phenoxy) is 1. The number of hydrogen-bond acceptors (Lipinski definition) is 3. The molecule has 0 radical (unpaired) electrons. The first-order valence-electron chi connectivity index (χ1n) is 7.13. The van der Waals surface area contributed by atoms with Crippen molar-refractivity contribution >= 4 is 0 Å². The van der Waals surface area contributed by atoms with E-state index >= 15 is 0 Å². The van der Waals surface area contributed by atoms with Gasteiger partial charge in [-0.3, -0.25) is 0 Å². The maximum atomic E-state index is 5.47. The second-order valence-electron chi connectivity index (χ2n) is 6.19. The largest absolute Gasteiger partial charge is 0.381 e. The SMILES string of the molecule is COC1CC(NCCCN2CCCC2)C1(C)C. The zero-order valence-electron chi connectivity index (χ0n) is 11.7. The van der Waals surface area contributed by atoms with Crippen molar-refractivity contribution in [1.82, 2.24) is 10.2 Å². The highest BCUT2D eigenvalue weighted by Gasteiger charge is 2.47. The molecule has 1 saturated carbocycles. The van der Waals surface area contributed by atoms with Crippen molar-refractivity contribution in [3.63, 3.8) is 0 Å². The van der Waals surface area contributed by atoms with E-state index in [2.05, 4.69) is 24.1 Å². The molecule has 0 bridgehead atoms. The van der Waals surface area contributed by atoms with Crippen LogP contribution in [0.3, 0.4) is 0 Å².